The molecule has 19 heavy (non-hydrogen) atoms. The van der Waals surface area contributed by atoms with Gasteiger partial charge in [0, 0.05) is 35.1 Å². The smallest absolute Gasteiger partial charge is 0.120 e. The van der Waals surface area contributed by atoms with Crippen LogP contribution in [-0.2, 0) is 5.41 Å². The molecule has 0 spiro atoms. The van der Waals surface area contributed by atoms with Crippen molar-refractivity contribution < 1.29 is 4.74 Å². The first kappa shape index (κ1) is 12.5. The predicted octanol–water partition coefficient (Wildman–Crippen LogP) is 1.76. The van der Waals surface area contributed by atoms with E-state index in [1.807, 2.05) is 12.1 Å². The maximum Gasteiger partial charge on any atom is 0.120 e. The maximum atomic E-state index is 6.11. The van der Waals surface area contributed by atoms with E-state index in [1.165, 1.54) is 10.9 Å². The number of nitrogens with two attached hydrogens (primary N) is 1. The van der Waals surface area contributed by atoms with Gasteiger partial charge in [-0.25, -0.2) is 0 Å². The summed E-state index contributed by atoms with van der Waals surface area (Å²) in [5.74, 6) is 0.882. The summed E-state index contributed by atoms with van der Waals surface area (Å²) in [5, 5.41) is 4.69. The Bertz CT molecular complexity index is 570. The summed E-state index contributed by atoms with van der Waals surface area (Å²) in [7, 11) is 1.69. The van der Waals surface area contributed by atoms with Crippen molar-refractivity contribution in [3.05, 3.63) is 30.0 Å². The molecule has 3 rings (SSSR count). The van der Waals surface area contributed by atoms with E-state index in [1.54, 1.807) is 7.11 Å². The van der Waals surface area contributed by atoms with Crippen molar-refractivity contribution in [3.63, 3.8) is 0 Å². The molecule has 2 aromatic rings. The topological polar surface area (TPSA) is 63.1 Å². The van der Waals surface area contributed by atoms with E-state index in [2.05, 4.69) is 22.6 Å². The van der Waals surface area contributed by atoms with Gasteiger partial charge in [-0.05, 0) is 43.6 Å². The molecule has 0 aliphatic carbocycles. The van der Waals surface area contributed by atoms with Gasteiger partial charge in [0.15, 0.2) is 0 Å². The van der Waals surface area contributed by atoms with Gasteiger partial charge in [0.05, 0.1) is 7.11 Å². The van der Waals surface area contributed by atoms with Crippen LogP contribution >= 0.6 is 0 Å². The third kappa shape index (κ3) is 2.01. The zero-order chi connectivity index (χ0) is 13.3. The fraction of sp³-hybridized carbons (Fsp3) is 0.467. The molecular weight excluding hydrogens is 238 g/mol. The Morgan fingerprint density at radius 3 is 2.79 bits per heavy atom. The lowest BCUT2D eigenvalue weighted by atomic mass is 9.73. The molecule has 0 radical (unpaired) electrons. The number of hydrogen-bond acceptors (Lipinski definition) is 3. The minimum Gasteiger partial charge on any atom is -0.497 e. The van der Waals surface area contributed by atoms with Crippen molar-refractivity contribution in [1.29, 1.82) is 0 Å². The lowest BCUT2D eigenvalue weighted by Gasteiger charge is -2.36. The lowest BCUT2D eigenvalue weighted by molar-refractivity contribution is 0.318. The summed E-state index contributed by atoms with van der Waals surface area (Å²) in [6.45, 7) is 2.79. The average Bonchev–Trinajstić information content (AvgIpc) is 2.91. The Morgan fingerprint density at radius 1 is 1.32 bits per heavy atom. The summed E-state index contributed by atoms with van der Waals surface area (Å²) in [6.07, 6.45) is 4.33. The molecule has 1 saturated heterocycles. The molecule has 0 amide bonds. The van der Waals surface area contributed by atoms with Crippen LogP contribution in [0.1, 0.15) is 18.4 Å². The van der Waals surface area contributed by atoms with Crippen molar-refractivity contribution in [2.75, 3.05) is 26.7 Å². The number of ether oxygens (including phenoxy) is 1. The number of benzene rings is 1. The first-order valence-corrected chi connectivity index (χ1v) is 6.85. The summed E-state index contributed by atoms with van der Waals surface area (Å²) >= 11 is 0. The van der Waals surface area contributed by atoms with Gasteiger partial charge >= 0.3 is 0 Å². The monoisotopic (exact) mass is 259 g/mol. The van der Waals surface area contributed by atoms with Crippen molar-refractivity contribution in [2.45, 2.75) is 18.3 Å². The molecule has 4 N–H and O–H groups in total. The van der Waals surface area contributed by atoms with Crippen LogP contribution in [-0.4, -0.2) is 31.7 Å². The van der Waals surface area contributed by atoms with E-state index in [-0.39, 0.29) is 5.41 Å². The highest BCUT2D eigenvalue weighted by Gasteiger charge is 2.34. The van der Waals surface area contributed by atoms with Gasteiger partial charge in [-0.3, -0.25) is 0 Å². The standard InChI is InChI=1S/C15H21N3O/c1-19-11-2-3-12-13(9-18-14(12)8-11)15(10-16)4-6-17-7-5-15/h2-3,8-9,17-18H,4-7,10,16H2,1H3. The molecule has 0 bridgehead atoms. The van der Waals surface area contributed by atoms with Crippen molar-refractivity contribution in [1.82, 2.24) is 10.3 Å². The molecule has 4 nitrogen and oxygen atoms in total. The van der Waals surface area contributed by atoms with Crippen LogP contribution in [0.4, 0.5) is 0 Å². The van der Waals surface area contributed by atoms with E-state index < -0.39 is 0 Å². The number of methoxy groups -OCH3 is 1. The van der Waals surface area contributed by atoms with Crippen molar-refractivity contribution in [3.8, 4) is 5.75 Å². The Kier molecular flexibility index (Phi) is 3.21. The second-order valence-corrected chi connectivity index (χ2v) is 5.35. The molecule has 1 aliphatic rings. The van der Waals surface area contributed by atoms with Gasteiger partial charge in [0.25, 0.3) is 0 Å². The number of aromatic nitrogens is 1. The molecule has 1 fully saturated rings. The van der Waals surface area contributed by atoms with E-state index in [9.17, 15) is 0 Å². The highest BCUT2D eigenvalue weighted by molar-refractivity contribution is 5.85. The number of hydrogen-bond donors (Lipinski definition) is 3. The largest absolute Gasteiger partial charge is 0.497 e. The number of H-pyrrole nitrogens is 1. The van der Waals surface area contributed by atoms with Crippen LogP contribution in [0, 0.1) is 0 Å². The molecule has 2 heterocycles. The number of piperidine rings is 1. The number of fused-ring (bicyclic) bond motifs is 1. The van der Waals surface area contributed by atoms with E-state index in [0.29, 0.717) is 6.54 Å². The Morgan fingerprint density at radius 2 is 2.11 bits per heavy atom. The lowest BCUT2D eigenvalue weighted by Crippen LogP contribution is -2.44. The molecular formula is C15H21N3O. The van der Waals surface area contributed by atoms with Crippen LogP contribution in [0.2, 0.25) is 0 Å². The third-order valence-corrected chi connectivity index (χ3v) is 4.41. The first-order valence-electron chi connectivity index (χ1n) is 6.85. The molecule has 0 saturated carbocycles. The van der Waals surface area contributed by atoms with Gasteiger partial charge in [0.1, 0.15) is 5.75 Å². The molecule has 1 aromatic carbocycles. The highest BCUT2D eigenvalue weighted by atomic mass is 16.5. The minimum absolute atomic E-state index is 0.109. The summed E-state index contributed by atoms with van der Waals surface area (Å²) in [5.41, 5.74) is 8.70. The highest BCUT2D eigenvalue weighted by Crippen LogP contribution is 2.37. The Labute approximate surface area is 113 Å². The molecule has 0 atom stereocenters. The zero-order valence-corrected chi connectivity index (χ0v) is 11.3. The van der Waals surface area contributed by atoms with Crippen LogP contribution in [0.15, 0.2) is 24.4 Å². The fourth-order valence-corrected chi connectivity index (χ4v) is 3.16. The fourth-order valence-electron chi connectivity index (χ4n) is 3.16. The third-order valence-electron chi connectivity index (χ3n) is 4.41. The van der Waals surface area contributed by atoms with Crippen LogP contribution in [0.25, 0.3) is 10.9 Å². The number of nitrogens with one attached hydrogen (secondary N) is 2. The first-order chi connectivity index (χ1) is 9.29. The van der Waals surface area contributed by atoms with Gasteiger partial charge < -0.3 is 20.8 Å². The van der Waals surface area contributed by atoms with Gasteiger partial charge in [-0.1, -0.05) is 0 Å². The van der Waals surface area contributed by atoms with Gasteiger partial charge in [0.2, 0.25) is 0 Å². The predicted molar refractivity (Wildman–Crippen MR) is 77.7 cm³/mol. The Hall–Kier alpha value is -1.52. The summed E-state index contributed by atoms with van der Waals surface area (Å²) in [6, 6.07) is 6.20. The summed E-state index contributed by atoms with van der Waals surface area (Å²) in [4.78, 5) is 3.36. The average molecular weight is 259 g/mol. The normalized spacial score (nSPS) is 18.6. The van der Waals surface area contributed by atoms with Crippen LogP contribution < -0.4 is 15.8 Å². The number of aromatic amines is 1. The van der Waals surface area contributed by atoms with E-state index in [4.69, 9.17) is 10.5 Å². The molecule has 1 aromatic heterocycles. The van der Waals surface area contributed by atoms with E-state index >= 15 is 0 Å². The molecule has 102 valence electrons. The molecule has 1 aliphatic heterocycles. The minimum atomic E-state index is 0.109. The van der Waals surface area contributed by atoms with Gasteiger partial charge in [-0.2, -0.15) is 0 Å². The SMILES string of the molecule is COc1ccc2c(C3(CN)CCNCC3)c[nH]c2c1. The molecule has 4 heteroatoms. The quantitative estimate of drug-likeness (QED) is 0.787. The second kappa shape index (κ2) is 4.87. The maximum absolute atomic E-state index is 6.11. The number of rotatable bonds is 3. The van der Waals surface area contributed by atoms with Crippen molar-refractivity contribution >= 4 is 10.9 Å². The van der Waals surface area contributed by atoms with E-state index in [0.717, 1.165) is 37.2 Å². The Balaban J connectivity index is 2.08. The van der Waals surface area contributed by atoms with Gasteiger partial charge in [-0.15, -0.1) is 0 Å². The van der Waals surface area contributed by atoms with Crippen LogP contribution in [0.5, 0.6) is 5.75 Å². The van der Waals surface area contributed by atoms with Crippen LogP contribution in [0.3, 0.4) is 0 Å². The zero-order valence-electron chi connectivity index (χ0n) is 11.3. The summed E-state index contributed by atoms with van der Waals surface area (Å²) < 4.78 is 5.27. The van der Waals surface area contributed by atoms with Crippen molar-refractivity contribution in [2.24, 2.45) is 5.73 Å². The molecule has 0 unspecified atom stereocenters. The second-order valence-electron chi connectivity index (χ2n) is 5.35.